The second-order valence-corrected chi connectivity index (χ2v) is 6.17. The predicted molar refractivity (Wildman–Crippen MR) is 116 cm³/mol. The lowest BCUT2D eigenvalue weighted by atomic mass is 10.1. The van der Waals surface area contributed by atoms with Gasteiger partial charge in [0.2, 0.25) is 0 Å². The lowest BCUT2D eigenvalue weighted by molar-refractivity contribution is 0.128. The number of guanidine groups is 1. The largest absolute Gasteiger partial charge is 0.497 e. The molecule has 5 nitrogen and oxygen atoms in total. The molecule has 0 atom stereocenters. The molecule has 2 N–H and O–H groups in total. The number of hydrogen-bond donors (Lipinski definition) is 2. The number of halogens is 1. The van der Waals surface area contributed by atoms with Gasteiger partial charge in [-0.2, -0.15) is 0 Å². The van der Waals surface area contributed by atoms with Crippen LogP contribution in [0.15, 0.2) is 29.3 Å². The van der Waals surface area contributed by atoms with Crippen LogP contribution in [-0.4, -0.2) is 46.4 Å². The SMILES string of the molecule is CN=C(NCCCc1ccc(OC)cc1)NCCOCCC(C)C.I. The van der Waals surface area contributed by atoms with Crippen LogP contribution in [0.3, 0.4) is 0 Å². The molecule has 0 fully saturated rings. The summed E-state index contributed by atoms with van der Waals surface area (Å²) in [6, 6.07) is 8.23. The molecule has 0 heterocycles. The number of rotatable bonds is 11. The molecule has 6 heteroatoms. The zero-order valence-electron chi connectivity index (χ0n) is 16.0. The maximum Gasteiger partial charge on any atom is 0.191 e. The molecule has 1 aromatic rings. The van der Waals surface area contributed by atoms with Crippen molar-refractivity contribution in [3.63, 3.8) is 0 Å². The van der Waals surface area contributed by atoms with Gasteiger partial charge in [0.1, 0.15) is 5.75 Å². The van der Waals surface area contributed by atoms with E-state index in [1.807, 2.05) is 12.1 Å². The zero-order chi connectivity index (χ0) is 17.6. The van der Waals surface area contributed by atoms with Crippen LogP contribution in [0.2, 0.25) is 0 Å². The number of benzene rings is 1. The van der Waals surface area contributed by atoms with Crippen molar-refractivity contribution in [2.75, 3.05) is 40.5 Å². The Hall–Kier alpha value is -1.02. The van der Waals surface area contributed by atoms with E-state index in [2.05, 4.69) is 41.6 Å². The van der Waals surface area contributed by atoms with Crippen molar-refractivity contribution in [2.45, 2.75) is 33.1 Å². The highest BCUT2D eigenvalue weighted by molar-refractivity contribution is 14.0. The molecule has 25 heavy (non-hydrogen) atoms. The van der Waals surface area contributed by atoms with Gasteiger partial charge in [0.05, 0.1) is 13.7 Å². The molecule has 0 spiro atoms. The first-order valence-electron chi connectivity index (χ1n) is 8.81. The standard InChI is InChI=1S/C19H33N3O2.HI/c1-16(2)11-14-24-15-13-22-19(20-3)21-12-5-6-17-7-9-18(23-4)10-8-17;/h7-10,16H,5-6,11-15H2,1-4H3,(H2,20,21,22);1H. The summed E-state index contributed by atoms with van der Waals surface area (Å²) in [5.74, 6) is 2.42. The van der Waals surface area contributed by atoms with Gasteiger partial charge in [-0.1, -0.05) is 26.0 Å². The molecule has 0 amide bonds. The molecular weight excluding hydrogens is 429 g/mol. The number of hydrogen-bond acceptors (Lipinski definition) is 3. The maximum atomic E-state index is 5.59. The lowest BCUT2D eigenvalue weighted by Gasteiger charge is -2.12. The van der Waals surface area contributed by atoms with Crippen LogP contribution in [0.1, 0.15) is 32.3 Å². The molecule has 0 saturated carbocycles. The quantitative estimate of drug-likeness (QED) is 0.229. The van der Waals surface area contributed by atoms with Crippen molar-refractivity contribution in [2.24, 2.45) is 10.9 Å². The summed E-state index contributed by atoms with van der Waals surface area (Å²) in [5.41, 5.74) is 1.32. The van der Waals surface area contributed by atoms with Gasteiger partial charge < -0.3 is 20.1 Å². The summed E-state index contributed by atoms with van der Waals surface area (Å²) in [5, 5.41) is 6.60. The third kappa shape index (κ3) is 12.0. The highest BCUT2D eigenvalue weighted by Crippen LogP contribution is 2.12. The van der Waals surface area contributed by atoms with Crippen LogP contribution in [0, 0.1) is 5.92 Å². The van der Waals surface area contributed by atoms with Gasteiger partial charge in [0.15, 0.2) is 5.96 Å². The smallest absolute Gasteiger partial charge is 0.191 e. The normalized spacial score (nSPS) is 11.2. The Balaban J connectivity index is 0.00000576. The molecule has 0 saturated heterocycles. The number of aliphatic imine (C=N–C) groups is 1. The summed E-state index contributed by atoms with van der Waals surface area (Å²) >= 11 is 0. The number of methoxy groups -OCH3 is 1. The molecule has 0 aliphatic carbocycles. The topological polar surface area (TPSA) is 54.9 Å². The lowest BCUT2D eigenvalue weighted by Crippen LogP contribution is -2.39. The molecular formula is C19H34IN3O2. The van der Waals surface area contributed by atoms with E-state index in [0.29, 0.717) is 12.5 Å². The van der Waals surface area contributed by atoms with Crippen molar-refractivity contribution >= 4 is 29.9 Å². The van der Waals surface area contributed by atoms with Crippen LogP contribution in [0.25, 0.3) is 0 Å². The van der Waals surface area contributed by atoms with Crippen LogP contribution in [0.5, 0.6) is 5.75 Å². The molecule has 0 aliphatic rings. The Morgan fingerprint density at radius 2 is 1.76 bits per heavy atom. The van der Waals surface area contributed by atoms with E-state index in [0.717, 1.165) is 50.7 Å². The Morgan fingerprint density at radius 1 is 1.08 bits per heavy atom. The summed E-state index contributed by atoms with van der Waals surface area (Å²) in [6.45, 7) is 7.61. The van der Waals surface area contributed by atoms with Crippen molar-refractivity contribution in [1.29, 1.82) is 0 Å². The Kier molecular flexibility index (Phi) is 14.6. The molecule has 1 rings (SSSR count). The van der Waals surface area contributed by atoms with E-state index < -0.39 is 0 Å². The first-order valence-corrected chi connectivity index (χ1v) is 8.81. The summed E-state index contributed by atoms with van der Waals surface area (Å²) in [6.07, 6.45) is 3.20. The second kappa shape index (κ2) is 15.3. The predicted octanol–water partition coefficient (Wildman–Crippen LogP) is 3.47. The van der Waals surface area contributed by atoms with E-state index >= 15 is 0 Å². The number of nitrogens with one attached hydrogen (secondary N) is 2. The minimum atomic E-state index is 0. The number of ether oxygens (including phenoxy) is 2. The highest BCUT2D eigenvalue weighted by Gasteiger charge is 1.99. The van der Waals surface area contributed by atoms with E-state index in [4.69, 9.17) is 9.47 Å². The van der Waals surface area contributed by atoms with Gasteiger partial charge in [-0.05, 0) is 42.9 Å². The van der Waals surface area contributed by atoms with Crippen LogP contribution in [0.4, 0.5) is 0 Å². The third-order valence-corrected chi connectivity index (χ3v) is 3.70. The van der Waals surface area contributed by atoms with Crippen LogP contribution < -0.4 is 15.4 Å². The van der Waals surface area contributed by atoms with E-state index in [-0.39, 0.29) is 24.0 Å². The Bertz CT molecular complexity index is 464. The van der Waals surface area contributed by atoms with Crippen LogP contribution in [-0.2, 0) is 11.2 Å². The fourth-order valence-corrected chi connectivity index (χ4v) is 2.17. The van der Waals surface area contributed by atoms with Crippen molar-refractivity contribution in [1.82, 2.24) is 10.6 Å². The van der Waals surface area contributed by atoms with Crippen molar-refractivity contribution in [3.8, 4) is 5.75 Å². The molecule has 0 aromatic heterocycles. The van der Waals surface area contributed by atoms with Gasteiger partial charge in [-0.15, -0.1) is 24.0 Å². The Labute approximate surface area is 170 Å². The van der Waals surface area contributed by atoms with Gasteiger partial charge in [-0.3, -0.25) is 4.99 Å². The molecule has 0 bridgehead atoms. The number of aryl methyl sites for hydroxylation is 1. The van der Waals surface area contributed by atoms with E-state index in [1.54, 1.807) is 14.2 Å². The van der Waals surface area contributed by atoms with Crippen molar-refractivity contribution in [3.05, 3.63) is 29.8 Å². The van der Waals surface area contributed by atoms with Crippen LogP contribution >= 0.6 is 24.0 Å². The van der Waals surface area contributed by atoms with E-state index in [1.165, 1.54) is 5.56 Å². The fourth-order valence-electron chi connectivity index (χ4n) is 2.17. The monoisotopic (exact) mass is 463 g/mol. The highest BCUT2D eigenvalue weighted by atomic mass is 127. The van der Waals surface area contributed by atoms with Gasteiger partial charge in [-0.25, -0.2) is 0 Å². The molecule has 0 unspecified atom stereocenters. The average Bonchev–Trinajstić information content (AvgIpc) is 2.60. The van der Waals surface area contributed by atoms with Gasteiger partial charge in [0, 0.05) is 26.7 Å². The minimum Gasteiger partial charge on any atom is -0.497 e. The molecule has 0 aliphatic heterocycles. The minimum absolute atomic E-state index is 0. The van der Waals surface area contributed by atoms with Crippen molar-refractivity contribution < 1.29 is 9.47 Å². The molecule has 144 valence electrons. The second-order valence-electron chi connectivity index (χ2n) is 6.17. The van der Waals surface area contributed by atoms with Gasteiger partial charge in [0.25, 0.3) is 0 Å². The van der Waals surface area contributed by atoms with Gasteiger partial charge >= 0.3 is 0 Å². The Morgan fingerprint density at radius 3 is 2.36 bits per heavy atom. The number of nitrogens with zero attached hydrogens (tertiary/aromatic N) is 1. The van der Waals surface area contributed by atoms with E-state index in [9.17, 15) is 0 Å². The summed E-state index contributed by atoms with van der Waals surface area (Å²) in [4.78, 5) is 4.22. The first kappa shape index (κ1) is 24.0. The first-order chi connectivity index (χ1) is 11.7. The average molecular weight is 463 g/mol. The molecule has 1 aromatic carbocycles. The zero-order valence-corrected chi connectivity index (χ0v) is 18.3. The summed E-state index contributed by atoms with van der Waals surface area (Å²) < 4.78 is 10.8. The third-order valence-electron chi connectivity index (χ3n) is 3.70. The fraction of sp³-hybridized carbons (Fsp3) is 0.632. The molecule has 0 radical (unpaired) electrons. The maximum absolute atomic E-state index is 5.59. The summed E-state index contributed by atoms with van der Waals surface area (Å²) in [7, 11) is 3.48.